The van der Waals surface area contributed by atoms with Crippen LogP contribution in [0, 0.1) is 0 Å². The summed E-state index contributed by atoms with van der Waals surface area (Å²) in [5, 5.41) is 10.7. The predicted molar refractivity (Wildman–Crippen MR) is 43.3 cm³/mol. The summed E-state index contributed by atoms with van der Waals surface area (Å²) in [6.45, 7) is -0.0915. The Bertz CT molecular complexity index is 371. The number of aliphatic hydroxyl groups excluding tert-OH is 1. The number of thiophene rings is 1. The Kier molecular flexibility index (Phi) is 1.56. The second kappa shape index (κ2) is 2.56. The van der Waals surface area contributed by atoms with E-state index >= 15 is 0 Å². The Labute approximate surface area is 67.4 Å². The summed E-state index contributed by atoms with van der Waals surface area (Å²) in [7, 11) is 0. The molecule has 2 aromatic heterocycles. The molecule has 4 heteroatoms. The Morgan fingerprint density at radius 3 is 3.27 bits per heavy atom. The lowest BCUT2D eigenvalue weighted by Gasteiger charge is -1.92. The summed E-state index contributed by atoms with van der Waals surface area (Å²) >= 11 is 1.60. The number of nitrogens with zero attached hydrogens (tertiary/aromatic N) is 2. The van der Waals surface area contributed by atoms with Crippen molar-refractivity contribution in [2.24, 2.45) is 0 Å². The molecular weight excluding hydrogens is 160 g/mol. The molecule has 0 bridgehead atoms. The van der Waals surface area contributed by atoms with Gasteiger partial charge >= 0.3 is 0 Å². The molecular formula is C7H6N2OS. The molecule has 0 aliphatic heterocycles. The van der Waals surface area contributed by atoms with Crippen LogP contribution < -0.4 is 0 Å². The van der Waals surface area contributed by atoms with Gasteiger partial charge in [-0.25, -0.2) is 9.97 Å². The average Bonchev–Trinajstić information content (AvgIpc) is 2.50. The molecule has 0 amide bonds. The molecule has 0 aliphatic carbocycles. The topological polar surface area (TPSA) is 46.0 Å². The van der Waals surface area contributed by atoms with Crippen LogP contribution in [0.25, 0.3) is 10.2 Å². The highest BCUT2D eigenvalue weighted by Gasteiger charge is 1.97. The third-order valence-electron chi connectivity index (χ3n) is 1.40. The quantitative estimate of drug-likeness (QED) is 0.692. The summed E-state index contributed by atoms with van der Waals surface area (Å²) in [6.07, 6.45) is 1.73. The minimum atomic E-state index is -0.0915. The van der Waals surface area contributed by atoms with Crippen molar-refractivity contribution in [1.29, 1.82) is 0 Å². The highest BCUT2D eigenvalue weighted by molar-refractivity contribution is 7.17. The summed E-state index contributed by atoms with van der Waals surface area (Å²) in [6, 6.07) is 1.92. The van der Waals surface area contributed by atoms with Gasteiger partial charge in [-0.2, -0.15) is 0 Å². The molecule has 0 saturated carbocycles. The lowest BCUT2D eigenvalue weighted by atomic mass is 10.4. The minimum absolute atomic E-state index is 0.0915. The fourth-order valence-electron chi connectivity index (χ4n) is 0.880. The molecule has 0 aromatic carbocycles. The van der Waals surface area contributed by atoms with E-state index in [1.807, 2.05) is 11.4 Å². The molecule has 0 radical (unpaired) electrons. The van der Waals surface area contributed by atoms with Crippen LogP contribution in [-0.2, 0) is 6.61 Å². The zero-order valence-corrected chi connectivity index (χ0v) is 6.51. The summed E-state index contributed by atoms with van der Waals surface area (Å²) < 4.78 is 1.06. The number of rotatable bonds is 1. The Balaban J connectivity index is 2.67. The van der Waals surface area contributed by atoms with Crippen LogP contribution in [0.2, 0.25) is 0 Å². The second-order valence-electron chi connectivity index (χ2n) is 2.11. The largest absolute Gasteiger partial charge is 0.388 e. The predicted octanol–water partition coefficient (Wildman–Crippen LogP) is 1.18. The number of hydrogen-bond donors (Lipinski definition) is 1. The molecule has 0 fully saturated rings. The van der Waals surface area contributed by atoms with Gasteiger partial charge in [0.15, 0.2) is 5.82 Å². The van der Waals surface area contributed by atoms with Gasteiger partial charge in [0, 0.05) is 6.20 Å². The third-order valence-corrected chi connectivity index (χ3v) is 2.24. The van der Waals surface area contributed by atoms with Crippen molar-refractivity contribution in [2.45, 2.75) is 6.61 Å². The third kappa shape index (κ3) is 1.10. The zero-order chi connectivity index (χ0) is 7.68. The van der Waals surface area contributed by atoms with Gasteiger partial charge in [0.2, 0.25) is 0 Å². The van der Waals surface area contributed by atoms with E-state index in [9.17, 15) is 0 Å². The maximum absolute atomic E-state index is 8.71. The van der Waals surface area contributed by atoms with Crippen molar-refractivity contribution in [1.82, 2.24) is 9.97 Å². The summed E-state index contributed by atoms with van der Waals surface area (Å²) in [5.41, 5.74) is 0.911. The number of hydrogen-bond acceptors (Lipinski definition) is 4. The molecule has 0 unspecified atom stereocenters. The van der Waals surface area contributed by atoms with Crippen LogP contribution in [0.5, 0.6) is 0 Å². The van der Waals surface area contributed by atoms with Crippen LogP contribution >= 0.6 is 11.3 Å². The maximum Gasteiger partial charge on any atom is 0.154 e. The summed E-state index contributed by atoms with van der Waals surface area (Å²) in [5.74, 6) is 0.482. The van der Waals surface area contributed by atoms with Gasteiger partial charge in [-0.3, -0.25) is 0 Å². The van der Waals surface area contributed by atoms with Gasteiger partial charge in [0.05, 0.1) is 10.2 Å². The molecule has 2 rings (SSSR count). The van der Waals surface area contributed by atoms with E-state index < -0.39 is 0 Å². The molecule has 2 heterocycles. The lowest BCUT2D eigenvalue weighted by Crippen LogP contribution is -1.91. The number of aromatic nitrogens is 2. The zero-order valence-electron chi connectivity index (χ0n) is 5.69. The van der Waals surface area contributed by atoms with Crippen molar-refractivity contribution < 1.29 is 5.11 Å². The first-order valence-corrected chi connectivity index (χ1v) is 4.08. The molecule has 2 aromatic rings. The van der Waals surface area contributed by atoms with Gasteiger partial charge in [0.1, 0.15) is 6.61 Å². The van der Waals surface area contributed by atoms with Crippen LogP contribution in [0.4, 0.5) is 0 Å². The second-order valence-corrected chi connectivity index (χ2v) is 3.06. The fraction of sp³-hybridized carbons (Fsp3) is 0.143. The monoisotopic (exact) mass is 166 g/mol. The molecule has 1 N–H and O–H groups in total. The summed E-state index contributed by atoms with van der Waals surface area (Å²) in [4.78, 5) is 8.05. The lowest BCUT2D eigenvalue weighted by molar-refractivity contribution is 0.272. The molecule has 0 aliphatic rings. The van der Waals surface area contributed by atoms with Crippen molar-refractivity contribution in [3.63, 3.8) is 0 Å². The standard InChI is InChI=1S/C7H6N2OS/c10-4-7-8-3-6-5(9-7)1-2-11-6/h1-3,10H,4H2. The first-order chi connectivity index (χ1) is 5.40. The molecule has 0 atom stereocenters. The van der Waals surface area contributed by atoms with Crippen molar-refractivity contribution in [3.8, 4) is 0 Å². The highest BCUT2D eigenvalue weighted by atomic mass is 32.1. The molecule has 3 nitrogen and oxygen atoms in total. The van der Waals surface area contributed by atoms with E-state index in [1.165, 1.54) is 0 Å². The van der Waals surface area contributed by atoms with E-state index in [0.717, 1.165) is 10.2 Å². The van der Waals surface area contributed by atoms with Crippen molar-refractivity contribution in [2.75, 3.05) is 0 Å². The smallest absolute Gasteiger partial charge is 0.154 e. The minimum Gasteiger partial charge on any atom is -0.388 e. The SMILES string of the molecule is OCc1ncc2sccc2n1. The maximum atomic E-state index is 8.71. The number of fused-ring (bicyclic) bond motifs is 1. The normalized spacial score (nSPS) is 10.6. The average molecular weight is 166 g/mol. The van der Waals surface area contributed by atoms with Crippen LogP contribution in [0.1, 0.15) is 5.82 Å². The highest BCUT2D eigenvalue weighted by Crippen LogP contribution is 2.16. The Hall–Kier alpha value is -1.00. The van der Waals surface area contributed by atoms with E-state index in [0.29, 0.717) is 5.82 Å². The van der Waals surface area contributed by atoms with Crippen LogP contribution in [-0.4, -0.2) is 15.1 Å². The van der Waals surface area contributed by atoms with Crippen LogP contribution in [0.15, 0.2) is 17.6 Å². The fourth-order valence-corrected chi connectivity index (χ4v) is 1.57. The van der Waals surface area contributed by atoms with Crippen molar-refractivity contribution in [3.05, 3.63) is 23.5 Å². The molecule has 0 saturated heterocycles. The van der Waals surface area contributed by atoms with Crippen molar-refractivity contribution >= 4 is 21.6 Å². The van der Waals surface area contributed by atoms with E-state index in [-0.39, 0.29) is 6.61 Å². The van der Waals surface area contributed by atoms with E-state index in [1.54, 1.807) is 17.5 Å². The van der Waals surface area contributed by atoms with E-state index in [2.05, 4.69) is 9.97 Å². The van der Waals surface area contributed by atoms with E-state index in [4.69, 9.17) is 5.11 Å². The van der Waals surface area contributed by atoms with Gasteiger partial charge in [-0.05, 0) is 11.4 Å². The molecule has 11 heavy (non-hydrogen) atoms. The van der Waals surface area contributed by atoms with Crippen LogP contribution in [0.3, 0.4) is 0 Å². The Morgan fingerprint density at radius 1 is 1.55 bits per heavy atom. The number of aliphatic hydroxyl groups is 1. The first-order valence-electron chi connectivity index (χ1n) is 3.20. The van der Waals surface area contributed by atoms with Gasteiger partial charge in [0.25, 0.3) is 0 Å². The van der Waals surface area contributed by atoms with Gasteiger partial charge in [-0.1, -0.05) is 0 Å². The first kappa shape index (κ1) is 6.69. The van der Waals surface area contributed by atoms with Gasteiger partial charge in [-0.15, -0.1) is 11.3 Å². The molecule has 56 valence electrons. The van der Waals surface area contributed by atoms with Gasteiger partial charge < -0.3 is 5.11 Å². The Morgan fingerprint density at radius 2 is 2.45 bits per heavy atom. The molecule has 0 spiro atoms.